The Morgan fingerprint density at radius 3 is 2.62 bits per heavy atom. The number of rotatable bonds is 4. The molecule has 1 rings (SSSR count). The van der Waals surface area contributed by atoms with Gasteiger partial charge in [0.1, 0.15) is 12.4 Å². The molecule has 0 saturated carbocycles. The molecule has 0 radical (unpaired) electrons. The maximum Gasteiger partial charge on any atom is 0.321 e. The zero-order valence-corrected chi connectivity index (χ0v) is 8.21. The van der Waals surface area contributed by atoms with E-state index >= 15 is 0 Å². The van der Waals surface area contributed by atoms with Crippen LogP contribution in [0, 0.1) is 6.92 Å². The minimum atomic E-state index is 0.139. The molecule has 0 aliphatic rings. The maximum atomic E-state index is 5.59. The van der Waals surface area contributed by atoms with Gasteiger partial charge in [-0.2, -0.15) is 9.97 Å². The van der Waals surface area contributed by atoms with Crippen LogP contribution in [0.1, 0.15) is 5.82 Å². The number of halogens is 1. The van der Waals surface area contributed by atoms with Crippen molar-refractivity contribution in [3.05, 3.63) is 11.1 Å². The first-order valence-corrected chi connectivity index (χ1v) is 4.10. The minimum absolute atomic E-state index is 0.139. The molecule has 6 heteroatoms. The van der Waals surface area contributed by atoms with Crippen molar-refractivity contribution in [2.24, 2.45) is 0 Å². The normalized spacial score (nSPS) is 10.1. The van der Waals surface area contributed by atoms with Gasteiger partial charge in [0, 0.05) is 7.11 Å². The highest BCUT2D eigenvalue weighted by molar-refractivity contribution is 6.28. The fraction of sp³-hybridized carbons (Fsp3) is 0.571. The van der Waals surface area contributed by atoms with Gasteiger partial charge in [-0.15, -0.1) is 0 Å². The molecule has 0 bridgehead atoms. The van der Waals surface area contributed by atoms with E-state index in [9.17, 15) is 0 Å². The van der Waals surface area contributed by atoms with Crippen molar-refractivity contribution in [1.82, 2.24) is 15.0 Å². The average molecular weight is 204 g/mol. The Labute approximate surface area is 81.1 Å². The summed E-state index contributed by atoms with van der Waals surface area (Å²) in [4.78, 5) is 11.5. The van der Waals surface area contributed by atoms with Gasteiger partial charge < -0.3 is 9.47 Å². The first kappa shape index (κ1) is 10.1. The number of hydrogen-bond donors (Lipinski definition) is 0. The molecule has 0 aliphatic carbocycles. The highest BCUT2D eigenvalue weighted by atomic mass is 35.5. The molecule has 0 amide bonds. The number of methoxy groups -OCH3 is 1. The Balaban J connectivity index is 2.56. The van der Waals surface area contributed by atoms with Gasteiger partial charge in [-0.3, -0.25) is 0 Å². The van der Waals surface area contributed by atoms with E-state index in [1.54, 1.807) is 14.0 Å². The number of hydrogen-bond acceptors (Lipinski definition) is 5. The summed E-state index contributed by atoms with van der Waals surface area (Å²) < 4.78 is 9.93. The molecule has 0 N–H and O–H groups in total. The van der Waals surface area contributed by atoms with Gasteiger partial charge in [-0.1, -0.05) is 0 Å². The van der Waals surface area contributed by atoms with Crippen LogP contribution in [0.5, 0.6) is 6.01 Å². The molecule has 0 atom stereocenters. The van der Waals surface area contributed by atoms with E-state index in [0.29, 0.717) is 19.0 Å². The van der Waals surface area contributed by atoms with Crippen LogP contribution in [0.25, 0.3) is 0 Å². The van der Waals surface area contributed by atoms with Crippen LogP contribution in [0.4, 0.5) is 0 Å². The molecular formula is C7H10ClN3O2. The van der Waals surface area contributed by atoms with Crippen LogP contribution in [-0.4, -0.2) is 35.3 Å². The third-order valence-corrected chi connectivity index (χ3v) is 1.39. The molecule has 1 aromatic rings. The maximum absolute atomic E-state index is 5.59. The average Bonchev–Trinajstić information content (AvgIpc) is 2.03. The smallest absolute Gasteiger partial charge is 0.321 e. The summed E-state index contributed by atoms with van der Waals surface area (Å²) >= 11 is 5.59. The largest absolute Gasteiger partial charge is 0.461 e. The number of nitrogens with zero attached hydrogens (tertiary/aromatic N) is 3. The Bertz CT molecular complexity index is 262. The Morgan fingerprint density at radius 2 is 2.00 bits per heavy atom. The molecule has 13 heavy (non-hydrogen) atoms. The van der Waals surface area contributed by atoms with E-state index in [1.165, 1.54) is 0 Å². The van der Waals surface area contributed by atoms with Gasteiger partial charge in [-0.25, -0.2) is 4.98 Å². The van der Waals surface area contributed by atoms with E-state index in [-0.39, 0.29) is 11.3 Å². The second kappa shape index (κ2) is 4.94. The molecule has 1 aromatic heterocycles. The summed E-state index contributed by atoms with van der Waals surface area (Å²) in [5.41, 5.74) is 0. The second-order valence-corrected chi connectivity index (χ2v) is 2.61. The van der Waals surface area contributed by atoms with E-state index in [0.717, 1.165) is 0 Å². The fourth-order valence-electron chi connectivity index (χ4n) is 0.707. The quantitative estimate of drug-likeness (QED) is 0.680. The molecule has 0 aromatic carbocycles. The van der Waals surface area contributed by atoms with Crippen molar-refractivity contribution in [2.75, 3.05) is 20.3 Å². The Morgan fingerprint density at radius 1 is 1.23 bits per heavy atom. The molecule has 1 heterocycles. The van der Waals surface area contributed by atoms with Crippen molar-refractivity contribution in [3.8, 4) is 6.01 Å². The number of aryl methyl sites for hydroxylation is 1. The molecule has 72 valence electrons. The summed E-state index contributed by atoms with van der Waals surface area (Å²) in [5, 5.41) is 0.139. The molecule has 0 aliphatic heterocycles. The summed E-state index contributed by atoms with van der Waals surface area (Å²) in [5.74, 6) is 0.535. The standard InChI is InChI=1S/C7H10ClN3O2/c1-5-9-6(8)11-7(10-5)13-4-3-12-2/h3-4H2,1-2H3. The number of ether oxygens (including phenoxy) is 2. The third-order valence-electron chi connectivity index (χ3n) is 1.22. The van der Waals surface area contributed by atoms with Gasteiger partial charge in [0.2, 0.25) is 5.28 Å². The lowest BCUT2D eigenvalue weighted by Gasteiger charge is -2.03. The van der Waals surface area contributed by atoms with Gasteiger partial charge in [0.25, 0.3) is 0 Å². The first-order valence-electron chi connectivity index (χ1n) is 3.72. The van der Waals surface area contributed by atoms with Crippen LogP contribution >= 0.6 is 11.6 Å². The predicted molar refractivity (Wildman–Crippen MR) is 46.9 cm³/mol. The molecule has 0 fully saturated rings. The van der Waals surface area contributed by atoms with Crippen molar-refractivity contribution in [1.29, 1.82) is 0 Å². The van der Waals surface area contributed by atoms with Gasteiger partial charge in [0.15, 0.2) is 0 Å². The Kier molecular flexibility index (Phi) is 3.85. The lowest BCUT2D eigenvalue weighted by Crippen LogP contribution is -2.07. The van der Waals surface area contributed by atoms with Crippen molar-refractivity contribution in [2.45, 2.75) is 6.92 Å². The summed E-state index contributed by atoms with van der Waals surface area (Å²) in [7, 11) is 1.59. The van der Waals surface area contributed by atoms with E-state index in [4.69, 9.17) is 21.1 Å². The summed E-state index contributed by atoms with van der Waals surface area (Å²) in [6.45, 7) is 2.61. The van der Waals surface area contributed by atoms with Crippen LogP contribution in [-0.2, 0) is 4.74 Å². The van der Waals surface area contributed by atoms with E-state index < -0.39 is 0 Å². The zero-order chi connectivity index (χ0) is 9.68. The minimum Gasteiger partial charge on any atom is -0.461 e. The molecular weight excluding hydrogens is 194 g/mol. The molecule has 0 spiro atoms. The summed E-state index contributed by atoms with van der Waals surface area (Å²) in [6.07, 6.45) is 0. The third kappa shape index (κ3) is 3.52. The lowest BCUT2D eigenvalue weighted by molar-refractivity contribution is 0.140. The van der Waals surface area contributed by atoms with Crippen molar-refractivity contribution < 1.29 is 9.47 Å². The van der Waals surface area contributed by atoms with E-state index in [2.05, 4.69) is 15.0 Å². The van der Waals surface area contributed by atoms with Crippen molar-refractivity contribution in [3.63, 3.8) is 0 Å². The van der Waals surface area contributed by atoms with E-state index in [1.807, 2.05) is 0 Å². The monoisotopic (exact) mass is 203 g/mol. The second-order valence-electron chi connectivity index (χ2n) is 2.28. The predicted octanol–water partition coefficient (Wildman–Crippen LogP) is 0.859. The van der Waals surface area contributed by atoms with Crippen molar-refractivity contribution >= 4 is 11.6 Å². The topological polar surface area (TPSA) is 57.1 Å². The van der Waals surface area contributed by atoms with Crippen LogP contribution in [0.15, 0.2) is 0 Å². The lowest BCUT2D eigenvalue weighted by atomic mass is 10.7. The van der Waals surface area contributed by atoms with Crippen LogP contribution < -0.4 is 4.74 Å². The fourth-order valence-corrected chi connectivity index (χ4v) is 0.901. The van der Waals surface area contributed by atoms with Gasteiger partial charge in [0.05, 0.1) is 6.61 Å². The highest BCUT2D eigenvalue weighted by Gasteiger charge is 2.01. The van der Waals surface area contributed by atoms with Crippen LogP contribution in [0.2, 0.25) is 5.28 Å². The van der Waals surface area contributed by atoms with Gasteiger partial charge >= 0.3 is 6.01 Å². The summed E-state index contributed by atoms with van der Waals surface area (Å²) in [6, 6.07) is 0.231. The number of aromatic nitrogens is 3. The molecule has 5 nitrogen and oxygen atoms in total. The molecule has 0 unspecified atom stereocenters. The first-order chi connectivity index (χ1) is 6.22. The van der Waals surface area contributed by atoms with Crippen LogP contribution in [0.3, 0.4) is 0 Å². The SMILES string of the molecule is COCCOc1nc(C)nc(Cl)n1. The Hall–Kier alpha value is -0.940. The van der Waals surface area contributed by atoms with Gasteiger partial charge in [-0.05, 0) is 18.5 Å². The zero-order valence-electron chi connectivity index (χ0n) is 7.45. The highest BCUT2D eigenvalue weighted by Crippen LogP contribution is 2.06. The molecule has 0 saturated heterocycles.